The van der Waals surface area contributed by atoms with Crippen LogP contribution >= 0.6 is 0 Å². The summed E-state index contributed by atoms with van der Waals surface area (Å²) in [5.74, 6) is 0.644. The van der Waals surface area contributed by atoms with Crippen molar-refractivity contribution in [3.63, 3.8) is 0 Å². The van der Waals surface area contributed by atoms with E-state index in [4.69, 9.17) is 16.9 Å². The molecule has 0 saturated heterocycles. The molecule has 0 fully saturated rings. The zero-order valence-electron chi connectivity index (χ0n) is 24.0. The monoisotopic (exact) mass is 532 g/mol. The SMILES string of the molecule is C#CC(C)(C)CC(C)(C)C(NC(=O)CC(C)(C)COCC(C)(C)C(=O)NCCN1C(=O)C=CC1=O)C(N)=O. The van der Waals surface area contributed by atoms with Gasteiger partial charge in [-0.15, -0.1) is 12.3 Å². The summed E-state index contributed by atoms with van der Waals surface area (Å²) >= 11 is 0. The lowest BCUT2D eigenvalue weighted by Gasteiger charge is -2.37. The Balaban J connectivity index is 2.59. The summed E-state index contributed by atoms with van der Waals surface area (Å²) in [6, 6.07) is -0.899. The Morgan fingerprint density at radius 2 is 1.58 bits per heavy atom. The Morgan fingerprint density at radius 1 is 1.03 bits per heavy atom. The van der Waals surface area contributed by atoms with E-state index in [1.807, 2.05) is 41.5 Å². The van der Waals surface area contributed by atoms with Crippen LogP contribution < -0.4 is 16.4 Å². The van der Waals surface area contributed by atoms with Crippen molar-refractivity contribution in [3.05, 3.63) is 12.2 Å². The van der Waals surface area contributed by atoms with Crippen LogP contribution in [0.5, 0.6) is 0 Å². The van der Waals surface area contributed by atoms with Crippen molar-refractivity contribution < 1.29 is 28.7 Å². The molecule has 0 spiro atoms. The van der Waals surface area contributed by atoms with Gasteiger partial charge in [0.25, 0.3) is 11.8 Å². The van der Waals surface area contributed by atoms with Gasteiger partial charge < -0.3 is 21.1 Å². The normalized spacial score (nSPS) is 15.3. The highest BCUT2D eigenvalue weighted by Crippen LogP contribution is 2.36. The first kappa shape index (κ1) is 32.8. The Kier molecular flexibility index (Phi) is 10.9. The Labute approximate surface area is 226 Å². The molecule has 0 aromatic carbocycles. The van der Waals surface area contributed by atoms with E-state index in [9.17, 15) is 24.0 Å². The molecule has 10 nitrogen and oxygen atoms in total. The number of hydrogen-bond donors (Lipinski definition) is 3. The molecule has 1 heterocycles. The molecule has 4 N–H and O–H groups in total. The topological polar surface area (TPSA) is 148 Å². The maximum atomic E-state index is 12.9. The third kappa shape index (κ3) is 9.93. The highest BCUT2D eigenvalue weighted by Gasteiger charge is 2.39. The van der Waals surface area contributed by atoms with Crippen LogP contribution in [0.2, 0.25) is 0 Å². The van der Waals surface area contributed by atoms with E-state index in [2.05, 4.69) is 16.6 Å². The highest BCUT2D eigenvalue weighted by atomic mass is 16.5. The zero-order chi connectivity index (χ0) is 29.5. The molecule has 1 atom stereocenters. The van der Waals surface area contributed by atoms with Crippen LogP contribution in [0.4, 0.5) is 0 Å². The molecule has 212 valence electrons. The van der Waals surface area contributed by atoms with Crippen molar-refractivity contribution in [3.8, 4) is 12.3 Å². The third-order valence-corrected chi connectivity index (χ3v) is 6.39. The van der Waals surface area contributed by atoms with Crippen molar-refractivity contribution >= 4 is 29.5 Å². The minimum absolute atomic E-state index is 0.0734. The van der Waals surface area contributed by atoms with E-state index >= 15 is 0 Å². The molecule has 1 aliphatic heterocycles. The standard InChI is InChI=1S/C28H44N4O6/c1-10-25(2,3)16-27(6,7)22(23(29)36)31-19(33)15-26(4,5)17-38-18-28(8,9)24(37)30-13-14-32-20(34)11-12-21(32)35/h1,11-12,22H,13-18H2,2-9H3,(H2,29,36)(H,30,37)(H,31,33). The molecule has 0 bridgehead atoms. The number of hydrogen-bond acceptors (Lipinski definition) is 6. The quantitative estimate of drug-likeness (QED) is 0.215. The predicted molar refractivity (Wildman–Crippen MR) is 144 cm³/mol. The first-order chi connectivity index (χ1) is 17.2. The summed E-state index contributed by atoms with van der Waals surface area (Å²) < 4.78 is 5.82. The number of terminal acetylenes is 1. The van der Waals surface area contributed by atoms with Crippen molar-refractivity contribution in [1.82, 2.24) is 15.5 Å². The van der Waals surface area contributed by atoms with Gasteiger partial charge >= 0.3 is 0 Å². The van der Waals surface area contributed by atoms with E-state index in [0.29, 0.717) is 6.42 Å². The van der Waals surface area contributed by atoms with Crippen LogP contribution in [0.1, 0.15) is 68.2 Å². The van der Waals surface area contributed by atoms with Gasteiger partial charge in [0.15, 0.2) is 0 Å². The van der Waals surface area contributed by atoms with Crippen LogP contribution in [0.15, 0.2) is 12.2 Å². The van der Waals surface area contributed by atoms with Crippen molar-refractivity contribution in [2.75, 3.05) is 26.3 Å². The number of ether oxygens (including phenoxy) is 1. The Bertz CT molecular complexity index is 985. The Hall–Kier alpha value is -3.19. The first-order valence-electron chi connectivity index (χ1n) is 12.7. The van der Waals surface area contributed by atoms with Crippen LogP contribution in [0, 0.1) is 34.0 Å². The second-order valence-electron chi connectivity index (χ2n) is 12.7. The van der Waals surface area contributed by atoms with E-state index in [1.54, 1.807) is 13.8 Å². The van der Waals surface area contributed by atoms with E-state index in [-0.39, 0.29) is 44.5 Å². The van der Waals surface area contributed by atoms with E-state index in [0.717, 1.165) is 4.90 Å². The number of nitrogens with two attached hydrogens (primary N) is 1. The summed E-state index contributed by atoms with van der Waals surface area (Å²) in [7, 11) is 0. The highest BCUT2D eigenvalue weighted by molar-refractivity contribution is 6.12. The summed E-state index contributed by atoms with van der Waals surface area (Å²) in [6.07, 6.45) is 8.55. The number of nitrogens with zero attached hydrogens (tertiary/aromatic N) is 1. The van der Waals surface area contributed by atoms with Crippen LogP contribution in [0.3, 0.4) is 0 Å². The van der Waals surface area contributed by atoms with Crippen LogP contribution in [-0.2, 0) is 28.7 Å². The fourth-order valence-electron chi connectivity index (χ4n) is 4.46. The minimum atomic E-state index is -0.899. The molecule has 1 rings (SSSR count). The van der Waals surface area contributed by atoms with Gasteiger partial charge in [0, 0.05) is 37.1 Å². The largest absolute Gasteiger partial charge is 0.380 e. The summed E-state index contributed by atoms with van der Waals surface area (Å²) in [4.78, 5) is 61.9. The van der Waals surface area contributed by atoms with Gasteiger partial charge in [-0.1, -0.05) is 27.7 Å². The van der Waals surface area contributed by atoms with Crippen LogP contribution in [0.25, 0.3) is 0 Å². The number of carbonyl (C=O) groups excluding carboxylic acids is 5. The molecule has 1 aliphatic rings. The number of primary amides is 1. The van der Waals surface area contributed by atoms with Gasteiger partial charge in [0.05, 0.1) is 18.6 Å². The number of amides is 5. The van der Waals surface area contributed by atoms with Crippen molar-refractivity contribution in [2.24, 2.45) is 27.4 Å². The second-order valence-corrected chi connectivity index (χ2v) is 12.7. The number of carbonyl (C=O) groups is 5. The molecule has 0 aromatic heterocycles. The smallest absolute Gasteiger partial charge is 0.253 e. The number of rotatable bonds is 15. The molecule has 5 amide bonds. The first-order valence-corrected chi connectivity index (χ1v) is 12.7. The number of nitrogens with one attached hydrogen (secondary N) is 2. The zero-order valence-corrected chi connectivity index (χ0v) is 24.0. The average molecular weight is 533 g/mol. The summed E-state index contributed by atoms with van der Waals surface area (Å²) in [5, 5.41) is 5.50. The van der Waals surface area contributed by atoms with Gasteiger partial charge in [-0.2, -0.15) is 0 Å². The van der Waals surface area contributed by atoms with Gasteiger partial charge in [0.1, 0.15) is 6.04 Å². The summed E-state index contributed by atoms with van der Waals surface area (Å²) in [6.45, 7) is 15.1. The van der Waals surface area contributed by atoms with E-state index < -0.39 is 45.4 Å². The lowest BCUT2D eigenvalue weighted by atomic mass is 9.71. The van der Waals surface area contributed by atoms with Crippen LogP contribution in [-0.4, -0.2) is 66.8 Å². The minimum Gasteiger partial charge on any atom is -0.380 e. The molecule has 38 heavy (non-hydrogen) atoms. The number of imide groups is 1. The van der Waals surface area contributed by atoms with Crippen molar-refractivity contribution in [2.45, 2.75) is 74.3 Å². The molecule has 10 heteroatoms. The van der Waals surface area contributed by atoms with Gasteiger partial charge in [0.2, 0.25) is 17.7 Å². The predicted octanol–water partition coefficient (Wildman–Crippen LogP) is 1.53. The fourth-order valence-corrected chi connectivity index (χ4v) is 4.46. The molecular formula is C28H44N4O6. The average Bonchev–Trinajstić information content (AvgIpc) is 3.07. The van der Waals surface area contributed by atoms with E-state index in [1.165, 1.54) is 12.2 Å². The van der Waals surface area contributed by atoms with Gasteiger partial charge in [-0.25, -0.2) is 0 Å². The maximum Gasteiger partial charge on any atom is 0.253 e. The lowest BCUT2D eigenvalue weighted by Crippen LogP contribution is -2.54. The molecule has 0 radical (unpaired) electrons. The fraction of sp³-hybridized carbons (Fsp3) is 0.679. The molecule has 0 aliphatic carbocycles. The summed E-state index contributed by atoms with van der Waals surface area (Å²) in [5.41, 5.74) is 3.00. The molecule has 0 aromatic rings. The second kappa shape index (κ2) is 12.6. The Morgan fingerprint density at radius 3 is 2.08 bits per heavy atom. The lowest BCUT2D eigenvalue weighted by molar-refractivity contribution is -0.138. The maximum absolute atomic E-state index is 12.9. The molecular weight excluding hydrogens is 488 g/mol. The third-order valence-electron chi connectivity index (χ3n) is 6.39. The molecule has 0 saturated carbocycles. The van der Waals surface area contributed by atoms with Crippen molar-refractivity contribution in [1.29, 1.82) is 0 Å². The van der Waals surface area contributed by atoms with Gasteiger partial charge in [-0.3, -0.25) is 28.9 Å². The van der Waals surface area contributed by atoms with Gasteiger partial charge in [-0.05, 0) is 44.9 Å². The molecule has 1 unspecified atom stereocenters.